The van der Waals surface area contributed by atoms with Crippen LogP contribution in [0.4, 0.5) is 10.6 Å². The smallest absolute Gasteiger partial charge is 0.413 e. The Labute approximate surface area is 214 Å². The summed E-state index contributed by atoms with van der Waals surface area (Å²) in [7, 11) is 1.81. The molecule has 1 saturated carbocycles. The molecule has 0 aliphatic heterocycles. The molecule has 1 heterocycles. The van der Waals surface area contributed by atoms with Crippen LogP contribution in [0.5, 0.6) is 0 Å². The number of ether oxygens (including phenoxy) is 1. The molecule has 0 bridgehead atoms. The van der Waals surface area contributed by atoms with E-state index >= 15 is 0 Å². The molecule has 36 heavy (non-hydrogen) atoms. The van der Waals surface area contributed by atoms with Crippen LogP contribution < -0.4 is 5.32 Å². The van der Waals surface area contributed by atoms with Gasteiger partial charge < -0.3 is 14.1 Å². The fourth-order valence-electron chi connectivity index (χ4n) is 4.37. The zero-order valence-corrected chi connectivity index (χ0v) is 20.8. The van der Waals surface area contributed by atoms with Gasteiger partial charge in [0.2, 0.25) is 0 Å². The van der Waals surface area contributed by atoms with E-state index in [2.05, 4.69) is 22.4 Å². The number of carbonyl (C=O) groups excluding carboxylic acids is 2. The first-order valence-electron chi connectivity index (χ1n) is 11.8. The number of carbonyl (C=O) groups is 2. The number of imidazole rings is 1. The molecule has 0 spiro atoms. The Morgan fingerprint density at radius 2 is 1.64 bits per heavy atom. The molecule has 6 nitrogen and oxygen atoms in total. The van der Waals surface area contributed by atoms with Crippen LogP contribution in [-0.4, -0.2) is 21.9 Å². The number of aromatic nitrogens is 2. The first-order valence-corrected chi connectivity index (χ1v) is 12.2. The van der Waals surface area contributed by atoms with E-state index in [1.54, 1.807) is 23.9 Å². The minimum Gasteiger partial charge on any atom is -0.441 e. The van der Waals surface area contributed by atoms with E-state index in [1.165, 1.54) is 0 Å². The Kier molecular flexibility index (Phi) is 6.37. The van der Waals surface area contributed by atoms with Gasteiger partial charge in [0, 0.05) is 23.2 Å². The van der Waals surface area contributed by atoms with Crippen LogP contribution in [0.15, 0.2) is 79.1 Å². The lowest BCUT2D eigenvalue weighted by Gasteiger charge is -2.16. The van der Waals surface area contributed by atoms with Gasteiger partial charge in [-0.2, -0.15) is 0 Å². The van der Waals surface area contributed by atoms with E-state index in [4.69, 9.17) is 16.3 Å². The normalized spacial score (nSPS) is 14.6. The van der Waals surface area contributed by atoms with Crippen molar-refractivity contribution in [1.82, 2.24) is 9.55 Å². The fourth-order valence-corrected chi connectivity index (χ4v) is 4.66. The average molecular weight is 500 g/mol. The number of halogens is 1. The molecule has 182 valence electrons. The number of hydrogen-bond acceptors (Lipinski definition) is 4. The average Bonchev–Trinajstić information content (AvgIpc) is 3.62. The Bertz CT molecular complexity index is 1410. The fraction of sp³-hybridized carbons (Fsp3) is 0.207. The summed E-state index contributed by atoms with van der Waals surface area (Å²) in [6, 6.07) is 23.5. The molecule has 3 aromatic carbocycles. The van der Waals surface area contributed by atoms with Crippen molar-refractivity contribution in [2.75, 3.05) is 5.32 Å². The first kappa shape index (κ1) is 23.8. The van der Waals surface area contributed by atoms with Crippen LogP contribution in [0.1, 0.15) is 37.0 Å². The third-order valence-corrected chi connectivity index (χ3v) is 7.09. The van der Waals surface area contributed by atoms with Gasteiger partial charge in [0.1, 0.15) is 23.9 Å². The number of aldehydes is 1. The number of rotatable bonds is 7. The van der Waals surface area contributed by atoms with Crippen molar-refractivity contribution in [3.05, 3.63) is 95.3 Å². The lowest BCUT2D eigenvalue weighted by molar-refractivity contribution is -0.109. The zero-order valence-electron chi connectivity index (χ0n) is 20.1. The van der Waals surface area contributed by atoms with Gasteiger partial charge in [0.15, 0.2) is 0 Å². The van der Waals surface area contributed by atoms with Crippen molar-refractivity contribution in [2.45, 2.75) is 31.3 Å². The topological polar surface area (TPSA) is 73.2 Å². The van der Waals surface area contributed by atoms with Crippen molar-refractivity contribution in [3.8, 4) is 22.4 Å². The maximum absolute atomic E-state index is 12.7. The van der Waals surface area contributed by atoms with Gasteiger partial charge in [-0.3, -0.25) is 5.32 Å². The minimum atomic E-state index is -0.590. The number of nitrogens with one attached hydrogen (secondary N) is 1. The van der Waals surface area contributed by atoms with Gasteiger partial charge in [-0.05, 0) is 42.5 Å². The van der Waals surface area contributed by atoms with Gasteiger partial charge in [-0.15, -0.1) is 0 Å². The molecule has 1 unspecified atom stereocenters. The minimum absolute atomic E-state index is 0.267. The quantitative estimate of drug-likeness (QED) is 0.279. The summed E-state index contributed by atoms with van der Waals surface area (Å²) in [5.41, 5.74) is 5.19. The molecule has 1 atom stereocenters. The van der Waals surface area contributed by atoms with E-state index < -0.39 is 12.2 Å². The third-order valence-electron chi connectivity index (χ3n) is 6.75. The first-order chi connectivity index (χ1) is 17.4. The highest BCUT2D eigenvalue weighted by molar-refractivity contribution is 6.31. The van der Waals surface area contributed by atoms with E-state index in [0.717, 1.165) is 46.9 Å². The Balaban J connectivity index is 1.30. The van der Waals surface area contributed by atoms with Gasteiger partial charge in [0.25, 0.3) is 0 Å². The summed E-state index contributed by atoms with van der Waals surface area (Å²) in [6.45, 7) is 1.78. The molecular weight excluding hydrogens is 474 g/mol. The second-order valence-corrected chi connectivity index (χ2v) is 9.58. The second-order valence-electron chi connectivity index (χ2n) is 9.18. The van der Waals surface area contributed by atoms with Gasteiger partial charge >= 0.3 is 6.09 Å². The highest BCUT2D eigenvalue weighted by Crippen LogP contribution is 2.46. The van der Waals surface area contributed by atoms with Crippen LogP contribution in [0.3, 0.4) is 0 Å². The van der Waals surface area contributed by atoms with E-state index in [9.17, 15) is 9.59 Å². The predicted molar refractivity (Wildman–Crippen MR) is 141 cm³/mol. The summed E-state index contributed by atoms with van der Waals surface area (Å²) in [5, 5.41) is 3.37. The van der Waals surface area contributed by atoms with Crippen molar-refractivity contribution >= 4 is 29.8 Å². The molecule has 1 aromatic heterocycles. The Morgan fingerprint density at radius 1 is 1.03 bits per heavy atom. The van der Waals surface area contributed by atoms with Crippen LogP contribution in [-0.2, 0) is 22.0 Å². The number of aryl methyl sites for hydroxylation is 1. The molecule has 0 saturated heterocycles. The Hall–Kier alpha value is -3.90. The molecule has 1 aliphatic carbocycles. The molecule has 1 amide bonds. The van der Waals surface area contributed by atoms with E-state index in [-0.39, 0.29) is 5.41 Å². The number of hydrogen-bond donors (Lipinski definition) is 1. The molecule has 7 heteroatoms. The SMILES string of the molecule is CC(OC(=O)Nc1c(-c2ccc(-c3ccc(C4(C=O)CC4)cc3)cc2)ncn1C)c1ccccc1Cl. The summed E-state index contributed by atoms with van der Waals surface area (Å²) in [5.74, 6) is 0.534. The lowest BCUT2D eigenvalue weighted by atomic mass is 9.94. The van der Waals surface area contributed by atoms with Crippen molar-refractivity contribution in [2.24, 2.45) is 7.05 Å². The van der Waals surface area contributed by atoms with Crippen LogP contribution in [0.25, 0.3) is 22.4 Å². The zero-order chi connectivity index (χ0) is 25.3. The Morgan fingerprint density at radius 3 is 2.25 bits per heavy atom. The molecule has 1 N–H and O–H groups in total. The second kappa shape index (κ2) is 9.63. The third kappa shape index (κ3) is 4.64. The van der Waals surface area contributed by atoms with Crippen molar-refractivity contribution in [1.29, 1.82) is 0 Å². The lowest BCUT2D eigenvalue weighted by Crippen LogP contribution is -2.18. The summed E-state index contributed by atoms with van der Waals surface area (Å²) in [6.07, 6.45) is 3.47. The van der Waals surface area contributed by atoms with Crippen LogP contribution >= 0.6 is 11.6 Å². The largest absolute Gasteiger partial charge is 0.441 e. The van der Waals surface area contributed by atoms with E-state index in [1.807, 2.05) is 61.6 Å². The highest BCUT2D eigenvalue weighted by Gasteiger charge is 2.44. The maximum Gasteiger partial charge on any atom is 0.413 e. The summed E-state index contributed by atoms with van der Waals surface area (Å²) < 4.78 is 7.30. The molecular formula is C29H26ClN3O3. The molecule has 0 radical (unpaired) electrons. The molecule has 5 rings (SSSR count). The number of anilines is 1. The molecule has 4 aromatic rings. The van der Waals surface area contributed by atoms with Gasteiger partial charge in [-0.1, -0.05) is 78.3 Å². The monoisotopic (exact) mass is 499 g/mol. The van der Waals surface area contributed by atoms with E-state index in [0.29, 0.717) is 16.5 Å². The van der Waals surface area contributed by atoms with Crippen molar-refractivity contribution < 1.29 is 14.3 Å². The van der Waals surface area contributed by atoms with Crippen LogP contribution in [0.2, 0.25) is 5.02 Å². The van der Waals surface area contributed by atoms with Crippen molar-refractivity contribution in [3.63, 3.8) is 0 Å². The predicted octanol–water partition coefficient (Wildman–Crippen LogP) is 6.95. The molecule has 1 fully saturated rings. The standard InChI is InChI=1S/C29H26ClN3O3/c1-19(24-5-3-4-6-25(24)30)36-28(35)32-27-26(31-18-33(27)2)22-9-7-20(8-10-22)21-11-13-23(14-12-21)29(17-34)15-16-29/h3-14,17-19H,15-16H2,1-2H3,(H,32,35). The van der Waals surface area contributed by atoms with Gasteiger partial charge in [-0.25, -0.2) is 9.78 Å². The highest BCUT2D eigenvalue weighted by atomic mass is 35.5. The number of nitrogens with zero attached hydrogens (tertiary/aromatic N) is 2. The maximum atomic E-state index is 12.7. The number of amides is 1. The molecule has 1 aliphatic rings. The number of benzene rings is 3. The van der Waals surface area contributed by atoms with Crippen LogP contribution in [0, 0.1) is 0 Å². The summed E-state index contributed by atoms with van der Waals surface area (Å²) in [4.78, 5) is 28.5. The van der Waals surface area contributed by atoms with Gasteiger partial charge in [0.05, 0.1) is 11.7 Å². The summed E-state index contributed by atoms with van der Waals surface area (Å²) >= 11 is 6.23.